The van der Waals surface area contributed by atoms with Crippen LogP contribution in [0.4, 0.5) is 27.4 Å². The molecule has 13 heteroatoms. The van der Waals surface area contributed by atoms with Gasteiger partial charge in [-0.15, -0.1) is 5.10 Å². The molecule has 212 valence electrons. The van der Waals surface area contributed by atoms with Gasteiger partial charge in [0, 0.05) is 42.7 Å². The number of nitrogens with one attached hydrogen (secondary N) is 4. The third-order valence-electron chi connectivity index (χ3n) is 6.96. The Morgan fingerprint density at radius 2 is 1.85 bits per heavy atom. The fourth-order valence-electron chi connectivity index (χ4n) is 4.87. The van der Waals surface area contributed by atoms with Crippen LogP contribution in [0.3, 0.4) is 0 Å². The number of halogens is 1. The summed E-state index contributed by atoms with van der Waals surface area (Å²) in [4.78, 5) is 28.7. The van der Waals surface area contributed by atoms with E-state index in [2.05, 4.69) is 31.3 Å². The minimum Gasteiger partial charge on any atom is -0.366 e. The molecule has 5 rings (SSSR count). The first-order valence-electron chi connectivity index (χ1n) is 13.5. The minimum atomic E-state index is -0.639. The van der Waals surface area contributed by atoms with Crippen LogP contribution in [0.5, 0.6) is 0 Å². The van der Waals surface area contributed by atoms with Crippen LogP contribution in [0, 0.1) is 17.1 Å². The van der Waals surface area contributed by atoms with Gasteiger partial charge in [-0.25, -0.2) is 8.91 Å². The molecule has 1 saturated carbocycles. The maximum atomic E-state index is 14.2. The molecule has 0 radical (unpaired) electrons. The van der Waals surface area contributed by atoms with Gasteiger partial charge in [-0.3, -0.25) is 19.3 Å². The average molecular weight is 559 g/mol. The summed E-state index contributed by atoms with van der Waals surface area (Å²) in [5, 5.41) is 30.3. The van der Waals surface area contributed by atoms with E-state index >= 15 is 0 Å². The molecule has 4 heterocycles. The van der Waals surface area contributed by atoms with Crippen molar-refractivity contribution < 1.29 is 14.0 Å². The molecule has 4 aromatic rings. The van der Waals surface area contributed by atoms with Crippen molar-refractivity contribution in [3.05, 3.63) is 60.4 Å². The smallest absolute Gasteiger partial charge is 0.274 e. The van der Waals surface area contributed by atoms with Crippen LogP contribution in [0.1, 0.15) is 62.5 Å². The zero-order valence-electron chi connectivity index (χ0n) is 22.8. The fourth-order valence-corrected chi connectivity index (χ4v) is 4.87. The first-order chi connectivity index (χ1) is 19.8. The standard InChI is InChI=1S/C28H31FN10O2/c1-17(2)38-14-11-25(36-38)34-22-15-26(32-18-3-5-19(6-4-18)33-27(40)9-12-30)37-39-23(22)7-8-24(39)28(41)35-21-10-13-31-16-20(21)29/h7-8,10-11,13-19H,3-6,9H2,1-2H3,(H,32,37)(H,33,40)(H,34,36)(H,31,35,41). The molecule has 41 heavy (non-hydrogen) atoms. The first-order valence-corrected chi connectivity index (χ1v) is 13.5. The van der Waals surface area contributed by atoms with Crippen molar-refractivity contribution in [2.45, 2.75) is 64.1 Å². The summed E-state index contributed by atoms with van der Waals surface area (Å²) in [5.74, 6) is -0.238. The third-order valence-corrected chi connectivity index (χ3v) is 6.96. The number of pyridine rings is 1. The highest BCUT2D eigenvalue weighted by atomic mass is 19.1. The SMILES string of the molecule is CC(C)n1ccc(Nc2cc(NC3CCC(NC(=O)CC#N)CC3)nn3c(C(=O)Nc4ccncc4F)ccc23)n1. The van der Waals surface area contributed by atoms with E-state index in [0.29, 0.717) is 22.8 Å². The summed E-state index contributed by atoms with van der Waals surface area (Å²) < 4.78 is 17.5. The molecule has 1 aliphatic rings. The van der Waals surface area contributed by atoms with Crippen LogP contribution < -0.4 is 21.3 Å². The second-order valence-electron chi connectivity index (χ2n) is 10.3. The maximum Gasteiger partial charge on any atom is 0.274 e. The number of aromatic nitrogens is 5. The quantitative estimate of drug-likeness (QED) is 0.236. The zero-order chi connectivity index (χ0) is 28.9. The molecule has 4 N–H and O–H groups in total. The molecular formula is C28H31FN10O2. The molecule has 0 unspecified atom stereocenters. The number of carbonyl (C=O) groups excluding carboxylic acids is 2. The van der Waals surface area contributed by atoms with Gasteiger partial charge in [-0.2, -0.15) is 10.4 Å². The summed E-state index contributed by atoms with van der Waals surface area (Å²) in [6.07, 6.45) is 7.29. The Balaban J connectivity index is 1.40. The lowest BCUT2D eigenvalue weighted by atomic mass is 9.91. The maximum absolute atomic E-state index is 14.2. The number of rotatable bonds is 9. The van der Waals surface area contributed by atoms with E-state index in [9.17, 15) is 14.0 Å². The number of nitrogens with zero attached hydrogens (tertiary/aromatic N) is 6. The van der Waals surface area contributed by atoms with Crippen molar-refractivity contribution in [2.24, 2.45) is 0 Å². The van der Waals surface area contributed by atoms with E-state index in [1.807, 2.05) is 42.9 Å². The highest BCUT2D eigenvalue weighted by Crippen LogP contribution is 2.28. The van der Waals surface area contributed by atoms with Crippen LogP contribution in [0.25, 0.3) is 5.52 Å². The van der Waals surface area contributed by atoms with Crippen LogP contribution in [-0.2, 0) is 4.79 Å². The molecule has 1 fully saturated rings. The zero-order valence-corrected chi connectivity index (χ0v) is 22.8. The highest BCUT2D eigenvalue weighted by Gasteiger charge is 2.24. The van der Waals surface area contributed by atoms with E-state index in [1.165, 1.54) is 16.8 Å². The molecular weight excluding hydrogens is 527 g/mol. The predicted octanol–water partition coefficient (Wildman–Crippen LogP) is 4.39. The molecule has 1 aliphatic carbocycles. The van der Waals surface area contributed by atoms with Crippen molar-refractivity contribution in [3.8, 4) is 6.07 Å². The summed E-state index contributed by atoms with van der Waals surface area (Å²) in [5.41, 5.74) is 1.56. The molecule has 0 saturated heterocycles. The number of hydrogen-bond acceptors (Lipinski definition) is 8. The van der Waals surface area contributed by atoms with Crippen molar-refractivity contribution in [1.29, 1.82) is 5.26 Å². The average Bonchev–Trinajstić information content (AvgIpc) is 3.59. The van der Waals surface area contributed by atoms with Gasteiger partial charge in [0.15, 0.2) is 11.6 Å². The van der Waals surface area contributed by atoms with Crippen LogP contribution in [0.15, 0.2) is 48.9 Å². The van der Waals surface area contributed by atoms with Crippen LogP contribution >= 0.6 is 0 Å². The van der Waals surface area contributed by atoms with Crippen molar-refractivity contribution in [2.75, 3.05) is 16.0 Å². The molecule has 2 amide bonds. The van der Waals surface area contributed by atoms with E-state index in [0.717, 1.165) is 31.9 Å². The Hall–Kier alpha value is -4.99. The van der Waals surface area contributed by atoms with Gasteiger partial charge in [0.2, 0.25) is 5.91 Å². The monoisotopic (exact) mass is 558 g/mol. The molecule has 0 aromatic carbocycles. The highest BCUT2D eigenvalue weighted by molar-refractivity contribution is 6.04. The van der Waals surface area contributed by atoms with Gasteiger partial charge >= 0.3 is 0 Å². The number of nitriles is 1. The Morgan fingerprint density at radius 3 is 2.56 bits per heavy atom. The lowest BCUT2D eigenvalue weighted by Gasteiger charge is -2.30. The molecule has 0 bridgehead atoms. The first kappa shape index (κ1) is 27.6. The Morgan fingerprint density at radius 1 is 1.07 bits per heavy atom. The number of amides is 2. The second-order valence-corrected chi connectivity index (χ2v) is 10.3. The van der Waals surface area contributed by atoms with Crippen molar-refractivity contribution in [1.82, 2.24) is 29.7 Å². The lowest BCUT2D eigenvalue weighted by Crippen LogP contribution is -2.40. The van der Waals surface area contributed by atoms with E-state index in [-0.39, 0.29) is 41.8 Å². The van der Waals surface area contributed by atoms with Crippen molar-refractivity contribution in [3.63, 3.8) is 0 Å². The van der Waals surface area contributed by atoms with E-state index in [1.54, 1.807) is 12.1 Å². The largest absolute Gasteiger partial charge is 0.366 e. The fraction of sp³-hybridized carbons (Fsp3) is 0.357. The minimum absolute atomic E-state index is 0.0189. The Bertz CT molecular complexity index is 1600. The topological polar surface area (TPSA) is 154 Å². The lowest BCUT2D eigenvalue weighted by molar-refractivity contribution is -0.121. The van der Waals surface area contributed by atoms with Gasteiger partial charge < -0.3 is 21.3 Å². The van der Waals surface area contributed by atoms with Gasteiger partial charge in [0.05, 0.1) is 29.2 Å². The Kier molecular flexibility index (Phi) is 8.09. The van der Waals surface area contributed by atoms with Gasteiger partial charge in [0.25, 0.3) is 5.91 Å². The van der Waals surface area contributed by atoms with Crippen molar-refractivity contribution >= 4 is 40.3 Å². The molecule has 0 atom stereocenters. The van der Waals surface area contributed by atoms with E-state index in [4.69, 9.17) is 10.4 Å². The van der Waals surface area contributed by atoms with Gasteiger partial charge in [-0.1, -0.05) is 0 Å². The predicted molar refractivity (Wildman–Crippen MR) is 151 cm³/mol. The van der Waals surface area contributed by atoms with Gasteiger partial charge in [-0.05, 0) is 57.7 Å². The number of fused-ring (bicyclic) bond motifs is 1. The van der Waals surface area contributed by atoms with Crippen LogP contribution in [0.2, 0.25) is 0 Å². The molecule has 12 nitrogen and oxygen atoms in total. The van der Waals surface area contributed by atoms with Crippen LogP contribution in [-0.4, -0.2) is 48.3 Å². The summed E-state index contributed by atoms with van der Waals surface area (Å²) in [7, 11) is 0. The molecule has 4 aromatic heterocycles. The Labute approximate surface area is 235 Å². The summed E-state index contributed by atoms with van der Waals surface area (Å²) >= 11 is 0. The molecule has 0 aliphatic heterocycles. The van der Waals surface area contributed by atoms with E-state index < -0.39 is 11.7 Å². The molecule has 0 spiro atoms. The van der Waals surface area contributed by atoms with Gasteiger partial charge in [0.1, 0.15) is 17.9 Å². The normalized spacial score (nSPS) is 16.8. The summed E-state index contributed by atoms with van der Waals surface area (Å²) in [6, 6.07) is 10.7. The second kappa shape index (κ2) is 12.0. The number of hydrogen-bond donors (Lipinski definition) is 4. The number of anilines is 4. The number of carbonyl (C=O) groups is 2. The third kappa shape index (κ3) is 6.43. The summed E-state index contributed by atoms with van der Waals surface area (Å²) in [6.45, 7) is 4.08.